The van der Waals surface area contributed by atoms with Gasteiger partial charge in [0.25, 0.3) is 0 Å². The van der Waals surface area contributed by atoms with Crippen LogP contribution in [0.25, 0.3) is 11.0 Å². The van der Waals surface area contributed by atoms with Gasteiger partial charge in [-0.25, -0.2) is 4.98 Å². The first-order chi connectivity index (χ1) is 16.0. The Bertz CT molecular complexity index is 1250. The summed E-state index contributed by atoms with van der Waals surface area (Å²) in [5, 5.41) is 4.26. The van der Waals surface area contributed by atoms with Gasteiger partial charge in [0.1, 0.15) is 11.6 Å². The van der Waals surface area contributed by atoms with Crippen LogP contribution < -0.4 is 10.1 Å². The first-order valence-electron chi connectivity index (χ1n) is 10.8. The van der Waals surface area contributed by atoms with Gasteiger partial charge in [-0.05, 0) is 53.9 Å². The number of hydrogen-bond acceptors (Lipinski definition) is 3. The number of aryl methyl sites for hydroxylation is 1. The topological polar surface area (TPSA) is 56.1 Å². The molecule has 0 unspecified atom stereocenters. The van der Waals surface area contributed by atoms with Gasteiger partial charge in [-0.3, -0.25) is 4.79 Å². The first kappa shape index (κ1) is 23.1. The second-order valence-corrected chi connectivity index (χ2v) is 8.66. The van der Waals surface area contributed by atoms with E-state index in [4.69, 9.17) is 32.9 Å². The molecule has 33 heavy (non-hydrogen) atoms. The zero-order valence-electron chi connectivity index (χ0n) is 18.4. The normalized spacial score (nSPS) is 11.0. The molecule has 7 heteroatoms. The van der Waals surface area contributed by atoms with E-state index in [9.17, 15) is 4.79 Å². The molecule has 0 bridgehead atoms. The molecular formula is C26H25Cl2N3O2. The van der Waals surface area contributed by atoms with Crippen LogP contribution >= 0.6 is 23.2 Å². The highest BCUT2D eigenvalue weighted by Crippen LogP contribution is 2.25. The number of halogens is 2. The van der Waals surface area contributed by atoms with Gasteiger partial charge in [0.15, 0.2) is 0 Å². The van der Waals surface area contributed by atoms with Gasteiger partial charge in [-0.2, -0.15) is 0 Å². The number of nitrogens with zero attached hydrogens (tertiary/aromatic N) is 2. The SMILES string of the molecule is COc1ccc(CC(=O)NCCCc2nc3ccccc3n2Cc2ccc(Cl)cc2Cl)cc1. The van der Waals surface area contributed by atoms with E-state index in [0.29, 0.717) is 29.6 Å². The van der Waals surface area contributed by atoms with Gasteiger partial charge >= 0.3 is 0 Å². The molecule has 0 atom stereocenters. The predicted octanol–water partition coefficient (Wildman–Crippen LogP) is 5.69. The van der Waals surface area contributed by atoms with Crippen LogP contribution in [0.1, 0.15) is 23.4 Å². The van der Waals surface area contributed by atoms with Crippen LogP contribution in [-0.4, -0.2) is 29.1 Å². The third-order valence-electron chi connectivity index (χ3n) is 5.50. The average molecular weight is 482 g/mol. The molecule has 0 aliphatic carbocycles. The second kappa shape index (κ2) is 10.7. The highest BCUT2D eigenvalue weighted by Gasteiger charge is 2.13. The van der Waals surface area contributed by atoms with Crippen molar-refractivity contribution in [1.82, 2.24) is 14.9 Å². The molecule has 1 N–H and O–H groups in total. The Balaban J connectivity index is 1.39. The number of imidazole rings is 1. The van der Waals surface area contributed by atoms with Crippen molar-refractivity contribution >= 4 is 40.1 Å². The molecular weight excluding hydrogens is 457 g/mol. The Labute approximate surface area is 203 Å². The van der Waals surface area contributed by atoms with Gasteiger partial charge in [-0.1, -0.05) is 53.5 Å². The molecule has 0 saturated heterocycles. The molecule has 0 aliphatic heterocycles. The van der Waals surface area contributed by atoms with Gasteiger partial charge in [0, 0.05) is 23.0 Å². The van der Waals surface area contributed by atoms with Gasteiger partial charge in [0.05, 0.1) is 31.1 Å². The summed E-state index contributed by atoms with van der Waals surface area (Å²) in [5.41, 5.74) is 3.94. The lowest BCUT2D eigenvalue weighted by molar-refractivity contribution is -0.120. The zero-order valence-corrected chi connectivity index (χ0v) is 19.9. The largest absolute Gasteiger partial charge is 0.497 e. The number of carbonyl (C=O) groups excluding carboxylic acids is 1. The number of benzene rings is 3. The lowest BCUT2D eigenvalue weighted by Gasteiger charge is -2.11. The molecule has 0 saturated carbocycles. The summed E-state index contributed by atoms with van der Waals surface area (Å²) in [6.07, 6.45) is 1.87. The monoisotopic (exact) mass is 481 g/mol. The fourth-order valence-corrected chi connectivity index (χ4v) is 4.25. The van der Waals surface area contributed by atoms with Gasteiger partial charge < -0.3 is 14.6 Å². The first-order valence-corrected chi connectivity index (χ1v) is 11.6. The minimum absolute atomic E-state index is 0.00150. The van der Waals surface area contributed by atoms with Crippen LogP contribution in [0.3, 0.4) is 0 Å². The van der Waals surface area contributed by atoms with Crippen molar-refractivity contribution in [3.05, 3.63) is 93.7 Å². The molecule has 170 valence electrons. The third-order valence-corrected chi connectivity index (χ3v) is 6.09. The summed E-state index contributed by atoms with van der Waals surface area (Å²) in [5.74, 6) is 1.75. The molecule has 0 aliphatic rings. The number of ether oxygens (including phenoxy) is 1. The second-order valence-electron chi connectivity index (χ2n) is 7.82. The smallest absolute Gasteiger partial charge is 0.224 e. The number of hydrogen-bond donors (Lipinski definition) is 1. The van der Waals surface area contributed by atoms with Gasteiger partial charge in [-0.15, -0.1) is 0 Å². The van der Waals surface area contributed by atoms with E-state index in [1.54, 1.807) is 13.2 Å². The van der Waals surface area contributed by atoms with E-state index in [1.165, 1.54) is 0 Å². The van der Waals surface area contributed by atoms with Gasteiger partial charge in [0.2, 0.25) is 5.91 Å². The van der Waals surface area contributed by atoms with E-state index in [-0.39, 0.29) is 5.91 Å². The molecule has 3 aromatic carbocycles. The van der Waals surface area contributed by atoms with Crippen LogP contribution in [0, 0.1) is 0 Å². The lowest BCUT2D eigenvalue weighted by Crippen LogP contribution is -2.26. The quantitative estimate of drug-likeness (QED) is 0.312. The standard InChI is InChI=1S/C26H25Cl2N3O2/c1-33-21-12-8-18(9-13-21)15-26(32)29-14-4-7-25-30-23-5-2-3-6-24(23)31(25)17-19-10-11-20(27)16-22(19)28/h2-3,5-6,8-13,16H,4,7,14-15,17H2,1H3,(H,29,32). The number of nitrogens with one attached hydrogen (secondary N) is 1. The van der Waals surface area contributed by atoms with Crippen molar-refractivity contribution in [1.29, 1.82) is 0 Å². The maximum atomic E-state index is 12.3. The summed E-state index contributed by atoms with van der Waals surface area (Å²) < 4.78 is 7.34. The number of fused-ring (bicyclic) bond motifs is 1. The highest BCUT2D eigenvalue weighted by molar-refractivity contribution is 6.35. The van der Waals surface area contributed by atoms with Crippen molar-refractivity contribution in [2.24, 2.45) is 0 Å². The average Bonchev–Trinajstić information content (AvgIpc) is 3.16. The Morgan fingerprint density at radius 2 is 1.85 bits per heavy atom. The Hall–Kier alpha value is -3.02. The van der Waals surface area contributed by atoms with Crippen LogP contribution in [-0.2, 0) is 24.2 Å². The predicted molar refractivity (Wildman–Crippen MR) is 133 cm³/mol. The highest BCUT2D eigenvalue weighted by atomic mass is 35.5. The maximum absolute atomic E-state index is 12.3. The minimum atomic E-state index is 0.00150. The molecule has 5 nitrogen and oxygen atoms in total. The molecule has 1 aromatic heterocycles. The number of aromatic nitrogens is 2. The number of amides is 1. The van der Waals surface area contributed by atoms with Crippen LogP contribution in [0.4, 0.5) is 0 Å². The fourth-order valence-electron chi connectivity index (χ4n) is 3.78. The van der Waals surface area contributed by atoms with E-state index in [1.807, 2.05) is 54.6 Å². The van der Waals surface area contributed by atoms with E-state index >= 15 is 0 Å². The van der Waals surface area contributed by atoms with Crippen LogP contribution in [0.2, 0.25) is 10.0 Å². The summed E-state index contributed by atoms with van der Waals surface area (Å²) >= 11 is 12.5. The molecule has 4 aromatic rings. The van der Waals surface area contributed by atoms with Crippen molar-refractivity contribution < 1.29 is 9.53 Å². The molecule has 4 rings (SSSR count). The van der Waals surface area contributed by atoms with Crippen LogP contribution in [0.15, 0.2) is 66.7 Å². The maximum Gasteiger partial charge on any atom is 0.224 e. The molecule has 1 heterocycles. The van der Waals surface area contributed by atoms with Crippen molar-refractivity contribution in [3.8, 4) is 5.75 Å². The Kier molecular flexibility index (Phi) is 7.53. The minimum Gasteiger partial charge on any atom is -0.497 e. The molecule has 0 fully saturated rings. The molecule has 0 radical (unpaired) electrons. The van der Waals surface area contributed by atoms with Crippen molar-refractivity contribution in [2.75, 3.05) is 13.7 Å². The van der Waals surface area contributed by atoms with E-state index in [0.717, 1.165) is 46.6 Å². The molecule has 0 spiro atoms. The van der Waals surface area contributed by atoms with Crippen molar-refractivity contribution in [3.63, 3.8) is 0 Å². The van der Waals surface area contributed by atoms with Crippen molar-refractivity contribution in [2.45, 2.75) is 25.8 Å². The number of rotatable bonds is 9. The van der Waals surface area contributed by atoms with Crippen LogP contribution in [0.5, 0.6) is 5.75 Å². The number of methoxy groups -OCH3 is 1. The summed E-state index contributed by atoms with van der Waals surface area (Å²) in [4.78, 5) is 17.1. The molecule has 1 amide bonds. The lowest BCUT2D eigenvalue weighted by atomic mass is 10.1. The summed E-state index contributed by atoms with van der Waals surface area (Å²) in [6, 6.07) is 21.1. The fraction of sp³-hybridized carbons (Fsp3) is 0.231. The van der Waals surface area contributed by atoms with E-state index < -0.39 is 0 Å². The summed E-state index contributed by atoms with van der Waals surface area (Å²) in [7, 11) is 1.63. The Morgan fingerprint density at radius 1 is 1.06 bits per heavy atom. The number of carbonyl (C=O) groups is 1. The van der Waals surface area contributed by atoms with E-state index in [2.05, 4.69) is 16.0 Å². The summed E-state index contributed by atoms with van der Waals surface area (Å²) in [6.45, 7) is 1.19. The third kappa shape index (κ3) is 5.86. The number of para-hydroxylation sites is 2. The Morgan fingerprint density at radius 3 is 2.61 bits per heavy atom. The zero-order chi connectivity index (χ0) is 23.2.